The van der Waals surface area contributed by atoms with Gasteiger partial charge >= 0.3 is 0 Å². The van der Waals surface area contributed by atoms with Crippen LogP contribution in [-0.2, 0) is 4.79 Å². The molecule has 0 fully saturated rings. The summed E-state index contributed by atoms with van der Waals surface area (Å²) < 4.78 is -1.03. The number of carbonyl (C=O) groups excluding carboxylic acids is 1. The number of halogens is 2. The van der Waals surface area contributed by atoms with E-state index in [0.29, 0.717) is 5.57 Å². The summed E-state index contributed by atoms with van der Waals surface area (Å²) in [5.74, 6) is -0.203. The van der Waals surface area contributed by atoms with Crippen molar-refractivity contribution in [2.24, 2.45) is 0 Å². The van der Waals surface area contributed by atoms with E-state index in [4.69, 9.17) is 23.2 Å². The molecule has 0 atom stereocenters. The highest BCUT2D eigenvalue weighted by atomic mass is 35.5. The number of hydrogen-bond acceptors (Lipinski definition) is 1. The molecule has 13 heavy (non-hydrogen) atoms. The van der Waals surface area contributed by atoms with Gasteiger partial charge in [-0.05, 0) is 19.9 Å². The summed E-state index contributed by atoms with van der Waals surface area (Å²) in [6.45, 7) is 3.42. The standard InChI is InChI=1S/C9H13Cl2NO/c1-4-5-7(8(13)12-3)6-9(2,10)11/h4-6H,1-3H3,(H,12,13)/b5-4-,7-6+. The van der Waals surface area contributed by atoms with Crippen molar-refractivity contribution in [1.82, 2.24) is 5.32 Å². The van der Waals surface area contributed by atoms with Crippen LogP contribution in [0.1, 0.15) is 13.8 Å². The van der Waals surface area contributed by atoms with Crippen LogP contribution >= 0.6 is 23.2 Å². The van der Waals surface area contributed by atoms with Gasteiger partial charge in [-0.15, -0.1) is 0 Å². The van der Waals surface area contributed by atoms with E-state index < -0.39 is 4.33 Å². The summed E-state index contributed by atoms with van der Waals surface area (Å²) in [5, 5.41) is 2.50. The minimum atomic E-state index is -1.03. The minimum absolute atomic E-state index is 0.203. The zero-order valence-corrected chi connectivity index (χ0v) is 9.41. The first-order valence-electron chi connectivity index (χ1n) is 3.86. The maximum atomic E-state index is 11.2. The summed E-state index contributed by atoms with van der Waals surface area (Å²) in [5.41, 5.74) is 0.456. The number of alkyl halides is 2. The van der Waals surface area contributed by atoms with Gasteiger partial charge < -0.3 is 5.32 Å². The fourth-order valence-corrected chi connectivity index (χ4v) is 1.02. The summed E-state index contributed by atoms with van der Waals surface area (Å²) in [6.07, 6.45) is 4.90. The van der Waals surface area contributed by atoms with E-state index in [1.54, 1.807) is 26.1 Å². The molecule has 0 rings (SSSR count). The average Bonchev–Trinajstić information content (AvgIpc) is 2.00. The first kappa shape index (κ1) is 12.5. The highest BCUT2D eigenvalue weighted by Crippen LogP contribution is 2.23. The van der Waals surface area contributed by atoms with Crippen LogP contribution in [0.3, 0.4) is 0 Å². The summed E-state index contributed by atoms with van der Waals surface area (Å²) >= 11 is 11.5. The molecule has 0 heterocycles. The molecule has 0 aliphatic carbocycles. The largest absolute Gasteiger partial charge is 0.355 e. The molecule has 0 saturated carbocycles. The maximum Gasteiger partial charge on any atom is 0.250 e. The molecule has 4 heteroatoms. The van der Waals surface area contributed by atoms with Gasteiger partial charge in [-0.2, -0.15) is 0 Å². The van der Waals surface area contributed by atoms with E-state index in [0.717, 1.165) is 0 Å². The van der Waals surface area contributed by atoms with Crippen molar-refractivity contribution in [2.75, 3.05) is 7.05 Å². The maximum absolute atomic E-state index is 11.2. The van der Waals surface area contributed by atoms with Gasteiger partial charge in [0.25, 0.3) is 5.91 Å². The Morgan fingerprint density at radius 1 is 1.46 bits per heavy atom. The van der Waals surface area contributed by atoms with Gasteiger partial charge in [0.2, 0.25) is 0 Å². The molecule has 2 nitrogen and oxygen atoms in total. The average molecular weight is 222 g/mol. The van der Waals surface area contributed by atoms with Crippen LogP contribution in [0.15, 0.2) is 23.8 Å². The second-order valence-electron chi connectivity index (χ2n) is 2.64. The second-order valence-corrected chi connectivity index (χ2v) is 4.40. The van der Waals surface area contributed by atoms with Gasteiger partial charge in [-0.25, -0.2) is 0 Å². The fourth-order valence-electron chi connectivity index (χ4n) is 0.786. The van der Waals surface area contributed by atoms with E-state index in [-0.39, 0.29) is 5.91 Å². The van der Waals surface area contributed by atoms with Gasteiger partial charge in [-0.1, -0.05) is 35.4 Å². The summed E-state index contributed by atoms with van der Waals surface area (Å²) in [7, 11) is 1.56. The normalized spacial score (nSPS) is 13.5. The van der Waals surface area contributed by atoms with Crippen LogP contribution in [0.5, 0.6) is 0 Å². The zero-order chi connectivity index (χ0) is 10.5. The number of carbonyl (C=O) groups is 1. The molecule has 0 aliphatic heterocycles. The molecule has 1 N–H and O–H groups in total. The zero-order valence-electron chi connectivity index (χ0n) is 7.90. The molecule has 0 bridgehead atoms. The molecular formula is C9H13Cl2NO. The molecule has 0 radical (unpaired) electrons. The molecular weight excluding hydrogens is 209 g/mol. The molecule has 0 saturated heterocycles. The van der Waals surface area contributed by atoms with E-state index in [1.807, 2.05) is 6.92 Å². The van der Waals surface area contributed by atoms with Crippen molar-refractivity contribution in [3.05, 3.63) is 23.8 Å². The van der Waals surface area contributed by atoms with E-state index in [2.05, 4.69) is 5.32 Å². The van der Waals surface area contributed by atoms with Crippen molar-refractivity contribution in [1.29, 1.82) is 0 Å². The number of likely N-dealkylation sites (N-methyl/N-ethyl adjacent to an activating group) is 1. The topological polar surface area (TPSA) is 29.1 Å². The number of rotatable bonds is 3. The lowest BCUT2D eigenvalue weighted by molar-refractivity contribution is -0.116. The first-order valence-corrected chi connectivity index (χ1v) is 4.61. The molecule has 0 aromatic rings. The highest BCUT2D eigenvalue weighted by molar-refractivity contribution is 6.49. The lowest BCUT2D eigenvalue weighted by Gasteiger charge is -2.08. The number of nitrogens with one attached hydrogen (secondary N) is 1. The highest BCUT2D eigenvalue weighted by Gasteiger charge is 2.15. The van der Waals surface area contributed by atoms with Crippen LogP contribution < -0.4 is 5.32 Å². The Hall–Kier alpha value is -0.470. The van der Waals surface area contributed by atoms with Crippen LogP contribution in [0, 0.1) is 0 Å². The van der Waals surface area contributed by atoms with Crippen LogP contribution in [0.2, 0.25) is 0 Å². The Balaban J connectivity index is 4.81. The van der Waals surface area contributed by atoms with Crippen molar-refractivity contribution >= 4 is 29.1 Å². The SMILES string of the molecule is C/C=C\C(=C/C(C)(Cl)Cl)C(=O)NC. The van der Waals surface area contributed by atoms with Gasteiger partial charge in [0, 0.05) is 12.6 Å². The Morgan fingerprint density at radius 2 is 2.00 bits per heavy atom. The Labute approximate surface area is 88.6 Å². The molecule has 0 aromatic heterocycles. The van der Waals surface area contributed by atoms with Crippen molar-refractivity contribution in [3.8, 4) is 0 Å². The number of hydrogen-bond donors (Lipinski definition) is 1. The van der Waals surface area contributed by atoms with E-state index >= 15 is 0 Å². The molecule has 0 spiro atoms. The smallest absolute Gasteiger partial charge is 0.250 e. The van der Waals surface area contributed by atoms with Crippen LogP contribution in [-0.4, -0.2) is 17.3 Å². The number of amides is 1. The molecule has 0 aliphatic rings. The third-order valence-corrected chi connectivity index (χ3v) is 1.46. The first-order chi connectivity index (χ1) is 5.90. The summed E-state index contributed by atoms with van der Waals surface area (Å²) in [4.78, 5) is 11.2. The number of allylic oxidation sites excluding steroid dienone is 2. The predicted molar refractivity (Wildman–Crippen MR) is 57.1 cm³/mol. The minimum Gasteiger partial charge on any atom is -0.355 e. The fraction of sp³-hybridized carbons (Fsp3) is 0.444. The monoisotopic (exact) mass is 221 g/mol. The third-order valence-electron chi connectivity index (χ3n) is 1.24. The second kappa shape index (κ2) is 5.30. The molecule has 0 unspecified atom stereocenters. The van der Waals surface area contributed by atoms with Crippen molar-refractivity contribution < 1.29 is 4.79 Å². The third kappa shape index (κ3) is 5.72. The van der Waals surface area contributed by atoms with Gasteiger partial charge in [0.1, 0.15) is 4.33 Å². The van der Waals surface area contributed by atoms with Gasteiger partial charge in [0.15, 0.2) is 0 Å². The lowest BCUT2D eigenvalue weighted by Crippen LogP contribution is -2.20. The lowest BCUT2D eigenvalue weighted by atomic mass is 10.2. The van der Waals surface area contributed by atoms with Crippen molar-refractivity contribution in [2.45, 2.75) is 18.2 Å². The van der Waals surface area contributed by atoms with Crippen molar-refractivity contribution in [3.63, 3.8) is 0 Å². The Morgan fingerprint density at radius 3 is 2.31 bits per heavy atom. The molecule has 74 valence electrons. The van der Waals surface area contributed by atoms with Gasteiger partial charge in [0.05, 0.1) is 0 Å². The Bertz CT molecular complexity index is 238. The summed E-state index contributed by atoms with van der Waals surface area (Å²) in [6, 6.07) is 0. The molecule has 1 amide bonds. The molecule has 0 aromatic carbocycles. The van der Waals surface area contributed by atoms with E-state index in [9.17, 15) is 4.79 Å². The quantitative estimate of drug-likeness (QED) is 0.443. The Kier molecular flexibility index (Phi) is 5.11. The van der Waals surface area contributed by atoms with Crippen LogP contribution in [0.4, 0.5) is 0 Å². The van der Waals surface area contributed by atoms with Gasteiger partial charge in [-0.3, -0.25) is 4.79 Å². The van der Waals surface area contributed by atoms with Crippen LogP contribution in [0.25, 0.3) is 0 Å². The predicted octanol–water partition coefficient (Wildman–Crippen LogP) is 2.43. The van der Waals surface area contributed by atoms with E-state index in [1.165, 1.54) is 6.08 Å².